The first-order valence-electron chi connectivity index (χ1n) is 7.44. The Morgan fingerprint density at radius 1 is 1.00 bits per heavy atom. The van der Waals surface area contributed by atoms with Gasteiger partial charge < -0.3 is 15.4 Å². The average Bonchev–Trinajstić information content (AvgIpc) is 2.59. The Bertz CT molecular complexity index is 602. The summed E-state index contributed by atoms with van der Waals surface area (Å²) in [4.78, 5) is 4.24. The molecule has 0 saturated carbocycles. The number of benzene rings is 2. The Balaban J connectivity index is 0.00000264. The highest BCUT2D eigenvalue weighted by atomic mass is 127. The third-order valence-electron chi connectivity index (χ3n) is 3.41. The smallest absolute Gasteiger partial charge is 0.191 e. The second-order valence-corrected chi connectivity index (χ2v) is 4.90. The maximum atomic E-state index is 5.36. The lowest BCUT2D eigenvalue weighted by Gasteiger charge is -2.13. The van der Waals surface area contributed by atoms with Gasteiger partial charge in [-0.15, -0.1) is 24.0 Å². The Labute approximate surface area is 155 Å². The number of halogens is 1. The lowest BCUT2D eigenvalue weighted by molar-refractivity contribution is 0.409. The molecule has 0 aliphatic heterocycles. The van der Waals surface area contributed by atoms with Crippen molar-refractivity contribution < 1.29 is 4.74 Å². The lowest BCUT2D eigenvalue weighted by atomic mass is 10.1. The maximum absolute atomic E-state index is 5.36. The van der Waals surface area contributed by atoms with Crippen molar-refractivity contribution in [1.82, 2.24) is 10.6 Å². The van der Waals surface area contributed by atoms with Crippen molar-refractivity contribution in [2.45, 2.75) is 13.0 Å². The van der Waals surface area contributed by atoms with Gasteiger partial charge in [-0.3, -0.25) is 4.99 Å². The first-order valence-corrected chi connectivity index (χ1v) is 7.44. The Hall–Kier alpha value is -1.76. The van der Waals surface area contributed by atoms with Crippen LogP contribution in [0.1, 0.15) is 11.1 Å². The molecule has 0 spiro atoms. The summed E-state index contributed by atoms with van der Waals surface area (Å²) in [7, 11) is 3.48. The minimum atomic E-state index is 0. The van der Waals surface area contributed by atoms with Gasteiger partial charge in [-0.2, -0.15) is 0 Å². The molecule has 0 saturated heterocycles. The number of hydrogen-bond donors (Lipinski definition) is 2. The predicted octanol–water partition coefficient (Wildman–Crippen LogP) is 3.22. The average molecular weight is 425 g/mol. The second kappa shape index (κ2) is 10.9. The van der Waals surface area contributed by atoms with E-state index in [-0.39, 0.29) is 24.0 Å². The molecule has 2 rings (SSSR count). The molecule has 0 bridgehead atoms. The third-order valence-corrected chi connectivity index (χ3v) is 3.41. The van der Waals surface area contributed by atoms with Gasteiger partial charge in [0.25, 0.3) is 0 Å². The van der Waals surface area contributed by atoms with Gasteiger partial charge in [-0.05, 0) is 23.6 Å². The van der Waals surface area contributed by atoms with Crippen molar-refractivity contribution in [3.05, 3.63) is 65.7 Å². The van der Waals surface area contributed by atoms with E-state index in [2.05, 4.69) is 33.8 Å². The zero-order valence-corrected chi connectivity index (χ0v) is 15.9. The van der Waals surface area contributed by atoms with Gasteiger partial charge in [0.2, 0.25) is 0 Å². The van der Waals surface area contributed by atoms with E-state index >= 15 is 0 Å². The van der Waals surface area contributed by atoms with Crippen LogP contribution in [0.2, 0.25) is 0 Å². The van der Waals surface area contributed by atoms with E-state index in [1.807, 2.05) is 36.4 Å². The number of nitrogens with one attached hydrogen (secondary N) is 2. The quantitative estimate of drug-likeness (QED) is 0.425. The van der Waals surface area contributed by atoms with E-state index in [9.17, 15) is 0 Å². The summed E-state index contributed by atoms with van der Waals surface area (Å²) >= 11 is 0. The Morgan fingerprint density at radius 3 is 2.39 bits per heavy atom. The molecule has 0 amide bonds. The number of para-hydroxylation sites is 1. The SMILES string of the molecule is CN=C(NCCc1ccccc1OC)NCc1ccccc1.I. The van der Waals surface area contributed by atoms with Gasteiger partial charge >= 0.3 is 0 Å². The minimum absolute atomic E-state index is 0. The van der Waals surface area contributed by atoms with Gasteiger partial charge in [0.1, 0.15) is 5.75 Å². The van der Waals surface area contributed by atoms with Crippen LogP contribution in [0.3, 0.4) is 0 Å². The van der Waals surface area contributed by atoms with Crippen LogP contribution >= 0.6 is 24.0 Å². The molecular weight excluding hydrogens is 401 g/mol. The zero-order valence-electron chi connectivity index (χ0n) is 13.6. The molecule has 124 valence electrons. The molecule has 0 unspecified atom stereocenters. The highest BCUT2D eigenvalue weighted by Crippen LogP contribution is 2.17. The molecule has 0 atom stereocenters. The van der Waals surface area contributed by atoms with Crippen LogP contribution in [-0.4, -0.2) is 26.7 Å². The fourth-order valence-corrected chi connectivity index (χ4v) is 2.23. The van der Waals surface area contributed by atoms with E-state index in [1.165, 1.54) is 11.1 Å². The van der Waals surface area contributed by atoms with Gasteiger partial charge in [0.15, 0.2) is 5.96 Å². The molecule has 23 heavy (non-hydrogen) atoms. The summed E-state index contributed by atoms with van der Waals surface area (Å²) in [5.41, 5.74) is 2.42. The Morgan fingerprint density at radius 2 is 1.70 bits per heavy atom. The van der Waals surface area contributed by atoms with Crippen molar-refractivity contribution in [3.63, 3.8) is 0 Å². The first kappa shape index (κ1) is 19.3. The molecule has 0 radical (unpaired) electrons. The number of nitrogens with zero attached hydrogens (tertiary/aromatic N) is 1. The molecule has 5 heteroatoms. The fraction of sp³-hybridized carbons (Fsp3) is 0.278. The van der Waals surface area contributed by atoms with E-state index in [0.29, 0.717) is 0 Å². The summed E-state index contributed by atoms with van der Waals surface area (Å²) in [6, 6.07) is 18.4. The highest BCUT2D eigenvalue weighted by Gasteiger charge is 2.02. The number of methoxy groups -OCH3 is 1. The van der Waals surface area contributed by atoms with Crippen LogP contribution in [0.5, 0.6) is 5.75 Å². The van der Waals surface area contributed by atoms with Crippen molar-refractivity contribution in [1.29, 1.82) is 0 Å². The monoisotopic (exact) mass is 425 g/mol. The lowest BCUT2D eigenvalue weighted by Crippen LogP contribution is -2.37. The highest BCUT2D eigenvalue weighted by molar-refractivity contribution is 14.0. The van der Waals surface area contributed by atoms with Crippen molar-refractivity contribution >= 4 is 29.9 Å². The van der Waals surface area contributed by atoms with Crippen LogP contribution in [0, 0.1) is 0 Å². The molecule has 0 fully saturated rings. The largest absolute Gasteiger partial charge is 0.496 e. The van der Waals surface area contributed by atoms with Crippen LogP contribution in [0.15, 0.2) is 59.6 Å². The predicted molar refractivity (Wildman–Crippen MR) is 107 cm³/mol. The number of hydrogen-bond acceptors (Lipinski definition) is 2. The van der Waals surface area contributed by atoms with Crippen LogP contribution in [0.4, 0.5) is 0 Å². The maximum Gasteiger partial charge on any atom is 0.191 e. The van der Waals surface area contributed by atoms with Gasteiger partial charge in [0.05, 0.1) is 7.11 Å². The molecular formula is C18H24IN3O. The molecule has 0 aliphatic carbocycles. The Kier molecular flexibility index (Phi) is 9.12. The molecule has 2 N–H and O–H groups in total. The number of guanidine groups is 1. The van der Waals surface area contributed by atoms with E-state index in [0.717, 1.165) is 31.2 Å². The molecule has 0 aliphatic rings. The summed E-state index contributed by atoms with van der Waals surface area (Å²) in [5, 5.41) is 6.63. The third kappa shape index (κ3) is 6.48. The summed E-state index contributed by atoms with van der Waals surface area (Å²) in [6.45, 7) is 1.56. The topological polar surface area (TPSA) is 45.7 Å². The number of aliphatic imine (C=N–C) groups is 1. The molecule has 0 aromatic heterocycles. The molecule has 2 aromatic carbocycles. The van der Waals surface area contributed by atoms with Gasteiger partial charge in [0, 0.05) is 20.1 Å². The number of ether oxygens (including phenoxy) is 1. The van der Waals surface area contributed by atoms with E-state index in [4.69, 9.17) is 4.74 Å². The van der Waals surface area contributed by atoms with Crippen molar-refractivity contribution in [2.24, 2.45) is 4.99 Å². The van der Waals surface area contributed by atoms with Gasteiger partial charge in [-0.25, -0.2) is 0 Å². The standard InChI is InChI=1S/C18H23N3O.HI/c1-19-18(21-14-15-8-4-3-5-9-15)20-13-12-16-10-6-7-11-17(16)22-2;/h3-11H,12-14H2,1-2H3,(H2,19,20,21);1H. The summed E-state index contributed by atoms with van der Waals surface area (Å²) < 4.78 is 5.36. The van der Waals surface area contributed by atoms with E-state index in [1.54, 1.807) is 14.2 Å². The van der Waals surface area contributed by atoms with Crippen LogP contribution < -0.4 is 15.4 Å². The normalized spacial score (nSPS) is 10.6. The first-order chi connectivity index (χ1) is 10.8. The van der Waals surface area contributed by atoms with Crippen LogP contribution in [0.25, 0.3) is 0 Å². The fourth-order valence-electron chi connectivity index (χ4n) is 2.23. The number of rotatable bonds is 6. The second-order valence-electron chi connectivity index (χ2n) is 4.90. The van der Waals surface area contributed by atoms with E-state index < -0.39 is 0 Å². The molecule has 0 heterocycles. The zero-order chi connectivity index (χ0) is 15.6. The van der Waals surface area contributed by atoms with Crippen LogP contribution in [-0.2, 0) is 13.0 Å². The van der Waals surface area contributed by atoms with Crippen molar-refractivity contribution in [2.75, 3.05) is 20.7 Å². The van der Waals surface area contributed by atoms with Gasteiger partial charge in [-0.1, -0.05) is 48.5 Å². The van der Waals surface area contributed by atoms with Crippen molar-refractivity contribution in [3.8, 4) is 5.75 Å². The summed E-state index contributed by atoms with van der Waals surface area (Å²) in [6.07, 6.45) is 0.885. The minimum Gasteiger partial charge on any atom is -0.496 e. The summed E-state index contributed by atoms with van der Waals surface area (Å²) in [5.74, 6) is 1.73. The molecule has 2 aromatic rings. The molecule has 4 nitrogen and oxygen atoms in total.